The Hall–Kier alpha value is -3.42. The maximum atomic E-state index is 13.3. The van der Waals surface area contributed by atoms with E-state index in [-0.39, 0.29) is 5.91 Å². The van der Waals surface area contributed by atoms with E-state index in [9.17, 15) is 4.79 Å². The molecule has 7 heteroatoms. The zero-order chi connectivity index (χ0) is 23.6. The van der Waals surface area contributed by atoms with Crippen molar-refractivity contribution in [3.63, 3.8) is 0 Å². The van der Waals surface area contributed by atoms with Gasteiger partial charge in [-0.25, -0.2) is 0 Å². The van der Waals surface area contributed by atoms with Crippen LogP contribution in [0.5, 0.6) is 11.5 Å². The number of hydrogen-bond donors (Lipinski definition) is 1. The predicted molar refractivity (Wildman–Crippen MR) is 131 cm³/mol. The number of methoxy groups -OCH3 is 2. The van der Waals surface area contributed by atoms with Gasteiger partial charge in [0.1, 0.15) is 11.5 Å². The van der Waals surface area contributed by atoms with E-state index < -0.39 is 0 Å². The normalized spacial score (nSPS) is 10.7. The third-order valence-corrected chi connectivity index (χ3v) is 5.16. The average molecular weight is 450 g/mol. The number of carbonyl (C=O) groups excluding carboxylic acids is 1. The molecule has 0 atom stereocenters. The number of nitrogens with one attached hydrogen (secondary N) is 1. The van der Waals surface area contributed by atoms with Gasteiger partial charge in [0.25, 0.3) is 5.91 Å². The molecule has 33 heavy (non-hydrogen) atoms. The molecule has 1 N–H and O–H groups in total. The van der Waals surface area contributed by atoms with Crippen LogP contribution in [0.2, 0.25) is 0 Å². The van der Waals surface area contributed by atoms with Crippen molar-refractivity contribution >= 4 is 17.3 Å². The molecule has 3 rings (SSSR count). The van der Waals surface area contributed by atoms with Gasteiger partial charge < -0.3 is 24.4 Å². The Bertz CT molecular complexity index is 1050. The largest absolute Gasteiger partial charge is 0.455 e. The molecule has 7 nitrogen and oxygen atoms in total. The number of ether oxygens (including phenoxy) is 3. The van der Waals surface area contributed by atoms with Gasteiger partial charge in [0.2, 0.25) is 0 Å². The number of anilines is 2. The Labute approximate surface area is 195 Å². The quantitative estimate of drug-likeness (QED) is 0.452. The van der Waals surface area contributed by atoms with Gasteiger partial charge in [-0.2, -0.15) is 0 Å². The molecular formula is C26H31N3O4. The minimum atomic E-state index is -0.172. The topological polar surface area (TPSA) is 72.9 Å². The number of aromatic nitrogens is 1. The summed E-state index contributed by atoms with van der Waals surface area (Å²) >= 11 is 0. The number of nitrogens with zero attached hydrogens (tertiary/aromatic N) is 2. The second-order valence-corrected chi connectivity index (χ2v) is 7.72. The Kier molecular flexibility index (Phi) is 8.80. The fraction of sp³-hybridized carbons (Fsp3) is 0.308. The van der Waals surface area contributed by atoms with Crippen LogP contribution in [-0.4, -0.2) is 51.4 Å². The van der Waals surface area contributed by atoms with Crippen LogP contribution in [0.3, 0.4) is 0 Å². The van der Waals surface area contributed by atoms with Gasteiger partial charge in [-0.15, -0.1) is 0 Å². The molecule has 1 amide bonds. The van der Waals surface area contributed by atoms with Crippen molar-refractivity contribution in [2.75, 3.05) is 50.7 Å². The second-order valence-electron chi connectivity index (χ2n) is 7.72. The molecule has 174 valence electrons. The summed E-state index contributed by atoms with van der Waals surface area (Å²) in [6.45, 7) is 6.33. The highest BCUT2D eigenvalue weighted by Gasteiger charge is 2.18. The van der Waals surface area contributed by atoms with Crippen LogP contribution in [0.1, 0.15) is 21.5 Å². The van der Waals surface area contributed by atoms with E-state index in [1.807, 2.05) is 62.4 Å². The first-order valence-corrected chi connectivity index (χ1v) is 10.8. The van der Waals surface area contributed by atoms with Crippen molar-refractivity contribution in [3.8, 4) is 11.5 Å². The van der Waals surface area contributed by atoms with E-state index in [0.29, 0.717) is 49.1 Å². The highest BCUT2D eigenvalue weighted by atomic mass is 16.5. The van der Waals surface area contributed by atoms with Crippen molar-refractivity contribution in [2.45, 2.75) is 13.8 Å². The Balaban J connectivity index is 1.80. The Morgan fingerprint density at radius 1 is 1.00 bits per heavy atom. The SMILES string of the molecule is COCCN(CCOC)c1ccc(C)cc1C(=O)Nc1ccc(Oc2cccnc2)c(C)c1. The second kappa shape index (κ2) is 12.0. The van der Waals surface area contributed by atoms with Crippen molar-refractivity contribution in [3.05, 3.63) is 77.6 Å². The van der Waals surface area contributed by atoms with Crippen LogP contribution in [0.25, 0.3) is 0 Å². The lowest BCUT2D eigenvalue weighted by atomic mass is 10.1. The minimum Gasteiger partial charge on any atom is -0.455 e. The zero-order valence-electron chi connectivity index (χ0n) is 19.6. The summed E-state index contributed by atoms with van der Waals surface area (Å²) in [4.78, 5) is 19.5. The van der Waals surface area contributed by atoms with Crippen LogP contribution in [0, 0.1) is 13.8 Å². The van der Waals surface area contributed by atoms with Gasteiger partial charge in [-0.3, -0.25) is 9.78 Å². The fourth-order valence-corrected chi connectivity index (χ4v) is 3.44. The molecule has 0 aliphatic rings. The lowest BCUT2D eigenvalue weighted by Gasteiger charge is -2.26. The van der Waals surface area contributed by atoms with Crippen molar-refractivity contribution in [1.29, 1.82) is 0 Å². The standard InChI is InChI=1S/C26H31N3O4/c1-19-7-9-24(29(12-14-31-3)13-15-32-4)23(16-19)26(30)28-21-8-10-25(20(2)17-21)33-22-6-5-11-27-18-22/h5-11,16-18H,12-15H2,1-4H3,(H,28,30). The molecule has 0 fully saturated rings. The van der Waals surface area contributed by atoms with Crippen LogP contribution in [-0.2, 0) is 9.47 Å². The average Bonchev–Trinajstić information content (AvgIpc) is 2.82. The smallest absolute Gasteiger partial charge is 0.257 e. The number of aryl methyl sites for hydroxylation is 2. The van der Waals surface area contributed by atoms with Crippen molar-refractivity contribution in [2.24, 2.45) is 0 Å². The number of pyridine rings is 1. The molecule has 0 unspecified atom stereocenters. The molecule has 0 aliphatic heterocycles. The van der Waals surface area contributed by atoms with Gasteiger partial charge in [0.15, 0.2) is 0 Å². The van der Waals surface area contributed by atoms with E-state index >= 15 is 0 Å². The number of rotatable bonds is 11. The molecule has 0 bridgehead atoms. The van der Waals surface area contributed by atoms with Gasteiger partial charge in [-0.1, -0.05) is 11.6 Å². The van der Waals surface area contributed by atoms with E-state index in [4.69, 9.17) is 14.2 Å². The molecular weight excluding hydrogens is 418 g/mol. The lowest BCUT2D eigenvalue weighted by molar-refractivity contribution is 0.102. The van der Waals surface area contributed by atoms with Gasteiger partial charge >= 0.3 is 0 Å². The first-order valence-electron chi connectivity index (χ1n) is 10.8. The summed E-state index contributed by atoms with van der Waals surface area (Å²) in [6.07, 6.45) is 3.36. The first-order chi connectivity index (χ1) is 16.0. The van der Waals surface area contributed by atoms with Crippen LogP contribution < -0.4 is 15.0 Å². The number of carbonyl (C=O) groups is 1. The number of amides is 1. The van der Waals surface area contributed by atoms with E-state index in [0.717, 1.165) is 16.8 Å². The van der Waals surface area contributed by atoms with E-state index in [2.05, 4.69) is 15.2 Å². The molecule has 0 aliphatic carbocycles. The highest BCUT2D eigenvalue weighted by Crippen LogP contribution is 2.28. The first kappa shape index (κ1) is 24.2. The molecule has 1 aromatic heterocycles. The summed E-state index contributed by atoms with van der Waals surface area (Å²) in [7, 11) is 3.34. The molecule has 0 radical (unpaired) electrons. The molecule has 2 aromatic carbocycles. The van der Waals surface area contributed by atoms with Crippen LogP contribution in [0.4, 0.5) is 11.4 Å². The van der Waals surface area contributed by atoms with Crippen LogP contribution in [0.15, 0.2) is 60.9 Å². The summed E-state index contributed by atoms with van der Waals surface area (Å²) in [5.74, 6) is 1.20. The van der Waals surface area contributed by atoms with E-state index in [1.165, 1.54) is 0 Å². The highest BCUT2D eigenvalue weighted by molar-refractivity contribution is 6.08. The zero-order valence-corrected chi connectivity index (χ0v) is 19.6. The molecule has 1 heterocycles. The summed E-state index contributed by atoms with van der Waals surface area (Å²) in [5, 5.41) is 3.03. The maximum absolute atomic E-state index is 13.3. The Morgan fingerprint density at radius 2 is 1.76 bits per heavy atom. The van der Waals surface area contributed by atoms with Gasteiger partial charge in [0, 0.05) is 44.9 Å². The predicted octanol–water partition coefficient (Wildman–Crippen LogP) is 4.84. The van der Waals surface area contributed by atoms with E-state index in [1.54, 1.807) is 26.6 Å². The van der Waals surface area contributed by atoms with Crippen molar-refractivity contribution < 1.29 is 19.0 Å². The molecule has 3 aromatic rings. The fourth-order valence-electron chi connectivity index (χ4n) is 3.44. The maximum Gasteiger partial charge on any atom is 0.257 e. The molecule has 0 saturated carbocycles. The Morgan fingerprint density at radius 3 is 2.39 bits per heavy atom. The lowest BCUT2D eigenvalue weighted by Crippen LogP contribution is -2.32. The summed E-state index contributed by atoms with van der Waals surface area (Å²) in [6, 6.07) is 15.1. The van der Waals surface area contributed by atoms with Gasteiger partial charge in [0.05, 0.1) is 25.0 Å². The molecule has 0 saturated heterocycles. The number of benzene rings is 2. The monoisotopic (exact) mass is 449 g/mol. The summed E-state index contributed by atoms with van der Waals surface area (Å²) in [5.41, 5.74) is 4.07. The third-order valence-electron chi connectivity index (χ3n) is 5.16. The minimum absolute atomic E-state index is 0.172. The third kappa shape index (κ3) is 6.78. The molecule has 0 spiro atoms. The van der Waals surface area contributed by atoms with Crippen molar-refractivity contribution in [1.82, 2.24) is 4.98 Å². The van der Waals surface area contributed by atoms with Crippen LogP contribution >= 0.6 is 0 Å². The number of hydrogen-bond acceptors (Lipinski definition) is 6. The van der Waals surface area contributed by atoms with Gasteiger partial charge in [-0.05, 0) is 61.9 Å². The summed E-state index contributed by atoms with van der Waals surface area (Å²) < 4.78 is 16.4.